The van der Waals surface area contributed by atoms with Gasteiger partial charge < -0.3 is 14.5 Å². The van der Waals surface area contributed by atoms with Crippen LogP contribution in [0.5, 0.6) is 5.75 Å². The van der Waals surface area contributed by atoms with Crippen LogP contribution in [0.25, 0.3) is 38.4 Å². The van der Waals surface area contributed by atoms with Gasteiger partial charge in [0.05, 0.1) is 12.9 Å². The van der Waals surface area contributed by atoms with Crippen molar-refractivity contribution >= 4 is 33.2 Å². The van der Waals surface area contributed by atoms with Gasteiger partial charge in [-0.25, -0.2) is 0 Å². The summed E-state index contributed by atoms with van der Waals surface area (Å²) >= 11 is 0. The topological polar surface area (TPSA) is 51.5 Å². The number of aryl methyl sites for hydroxylation is 1. The van der Waals surface area contributed by atoms with Crippen molar-refractivity contribution in [3.05, 3.63) is 72.0 Å². The molecule has 0 spiro atoms. The van der Waals surface area contributed by atoms with Gasteiger partial charge in [0.25, 0.3) is 0 Å². The maximum atomic E-state index is 12.5. The number of hydrogen-bond donors (Lipinski definition) is 1. The van der Waals surface area contributed by atoms with E-state index in [9.17, 15) is 4.79 Å². The maximum absolute atomic E-state index is 12.5. The Hall–Kier alpha value is -3.53. The molecular weight excluding hydrogens is 422 g/mol. The van der Waals surface area contributed by atoms with E-state index in [1.807, 2.05) is 27.0 Å². The molecule has 1 N–H and O–H groups in total. The number of amides is 1. The van der Waals surface area contributed by atoms with Gasteiger partial charge in [0.2, 0.25) is 5.91 Å². The molecule has 0 saturated carbocycles. The quantitative estimate of drug-likeness (QED) is 0.208. The zero-order valence-corrected chi connectivity index (χ0v) is 20.5. The highest BCUT2D eigenvalue weighted by atomic mass is 16.5. The third-order valence-corrected chi connectivity index (χ3v) is 6.26. The lowest BCUT2D eigenvalue weighted by atomic mass is 9.94. The molecule has 176 valence electrons. The lowest BCUT2D eigenvalue weighted by Gasteiger charge is -2.15. The van der Waals surface area contributed by atoms with Gasteiger partial charge in [0.1, 0.15) is 11.3 Å². The molecule has 4 nitrogen and oxygen atoms in total. The molecule has 0 bridgehead atoms. The van der Waals surface area contributed by atoms with Crippen molar-refractivity contribution in [1.82, 2.24) is 5.32 Å². The molecule has 0 unspecified atom stereocenters. The molecule has 1 heterocycles. The zero-order chi connectivity index (χ0) is 24.1. The third-order valence-electron chi connectivity index (χ3n) is 6.26. The average molecular weight is 456 g/mol. The Morgan fingerprint density at radius 1 is 1.03 bits per heavy atom. The standard InChI is InChI=1S/C30H33NO3/c1-5-7-10-16-31-28(32)17-20(3)25-18-26-27(19-34-30(26)21(4)29(25)33-6-2)24-15-11-13-22-12-8-9-14-23(22)24/h8-9,11-15,17-19H,5-7,10,16H2,1-4H3,(H,31,32)/b20-17+. The second-order valence-electron chi connectivity index (χ2n) is 8.69. The van der Waals surface area contributed by atoms with Crippen LogP contribution in [-0.4, -0.2) is 19.1 Å². The van der Waals surface area contributed by atoms with Crippen molar-refractivity contribution in [2.24, 2.45) is 0 Å². The van der Waals surface area contributed by atoms with E-state index in [0.29, 0.717) is 13.2 Å². The number of rotatable bonds is 9. The Morgan fingerprint density at radius 3 is 2.62 bits per heavy atom. The summed E-state index contributed by atoms with van der Waals surface area (Å²) in [5.41, 5.74) is 5.70. The van der Waals surface area contributed by atoms with Crippen LogP contribution >= 0.6 is 0 Å². The minimum absolute atomic E-state index is 0.0738. The van der Waals surface area contributed by atoms with E-state index in [2.05, 4.69) is 60.8 Å². The summed E-state index contributed by atoms with van der Waals surface area (Å²) in [6.07, 6.45) is 6.75. The number of unbranched alkanes of at least 4 members (excludes halogenated alkanes) is 2. The fourth-order valence-corrected chi connectivity index (χ4v) is 4.52. The van der Waals surface area contributed by atoms with Gasteiger partial charge in [0, 0.05) is 34.7 Å². The number of nitrogens with one attached hydrogen (secondary N) is 1. The predicted molar refractivity (Wildman–Crippen MR) is 141 cm³/mol. The number of furan rings is 1. The SMILES string of the molecule is CCCCCNC(=O)/C=C(\C)c1cc2c(-c3cccc4ccccc34)coc2c(C)c1OCC. The van der Waals surface area contributed by atoms with E-state index in [0.717, 1.165) is 63.8 Å². The summed E-state index contributed by atoms with van der Waals surface area (Å²) in [6, 6.07) is 16.8. The van der Waals surface area contributed by atoms with Crippen molar-refractivity contribution < 1.29 is 13.9 Å². The van der Waals surface area contributed by atoms with Gasteiger partial charge in [-0.05, 0) is 55.2 Å². The molecule has 0 radical (unpaired) electrons. The van der Waals surface area contributed by atoms with Crippen molar-refractivity contribution in [2.45, 2.75) is 47.0 Å². The van der Waals surface area contributed by atoms with Crippen LogP contribution in [0.4, 0.5) is 0 Å². The van der Waals surface area contributed by atoms with Gasteiger partial charge in [0.15, 0.2) is 0 Å². The summed E-state index contributed by atoms with van der Waals surface area (Å²) in [4.78, 5) is 12.5. The Bertz CT molecular complexity index is 1340. The number of benzene rings is 3. The van der Waals surface area contributed by atoms with Crippen LogP contribution in [0, 0.1) is 6.92 Å². The average Bonchev–Trinajstić information content (AvgIpc) is 3.27. The number of hydrogen-bond acceptors (Lipinski definition) is 3. The van der Waals surface area contributed by atoms with Crippen molar-refractivity contribution in [2.75, 3.05) is 13.2 Å². The normalized spacial score (nSPS) is 11.8. The first-order valence-electron chi connectivity index (χ1n) is 12.2. The van der Waals surface area contributed by atoms with Gasteiger partial charge in [-0.15, -0.1) is 0 Å². The molecule has 1 amide bonds. The van der Waals surface area contributed by atoms with E-state index in [1.165, 1.54) is 10.8 Å². The lowest BCUT2D eigenvalue weighted by Crippen LogP contribution is -2.22. The van der Waals surface area contributed by atoms with E-state index in [-0.39, 0.29) is 5.91 Å². The molecule has 0 saturated heterocycles. The maximum Gasteiger partial charge on any atom is 0.244 e. The monoisotopic (exact) mass is 455 g/mol. The molecule has 0 aliphatic heterocycles. The van der Waals surface area contributed by atoms with Gasteiger partial charge in [-0.2, -0.15) is 0 Å². The van der Waals surface area contributed by atoms with E-state index in [1.54, 1.807) is 6.08 Å². The number of carbonyl (C=O) groups excluding carboxylic acids is 1. The molecule has 0 fully saturated rings. The molecule has 0 atom stereocenters. The zero-order valence-electron chi connectivity index (χ0n) is 20.5. The summed E-state index contributed by atoms with van der Waals surface area (Å²) in [5.74, 6) is 0.691. The van der Waals surface area contributed by atoms with E-state index < -0.39 is 0 Å². The van der Waals surface area contributed by atoms with Crippen molar-refractivity contribution in [1.29, 1.82) is 0 Å². The first kappa shape index (κ1) is 23.6. The number of carbonyl (C=O) groups is 1. The Kier molecular flexibility index (Phi) is 7.36. The van der Waals surface area contributed by atoms with Crippen LogP contribution < -0.4 is 10.1 Å². The van der Waals surface area contributed by atoms with Crippen LogP contribution in [0.15, 0.2) is 65.3 Å². The smallest absolute Gasteiger partial charge is 0.244 e. The van der Waals surface area contributed by atoms with E-state index >= 15 is 0 Å². The summed E-state index contributed by atoms with van der Waals surface area (Å²) in [7, 11) is 0. The first-order chi connectivity index (χ1) is 16.5. The summed E-state index contributed by atoms with van der Waals surface area (Å²) in [5, 5.41) is 6.38. The lowest BCUT2D eigenvalue weighted by molar-refractivity contribution is -0.116. The highest BCUT2D eigenvalue weighted by molar-refractivity contribution is 6.07. The highest BCUT2D eigenvalue weighted by Gasteiger charge is 2.20. The van der Waals surface area contributed by atoms with Crippen LogP contribution in [0.3, 0.4) is 0 Å². The Balaban J connectivity index is 1.81. The molecule has 4 rings (SSSR count). The Morgan fingerprint density at radius 2 is 1.82 bits per heavy atom. The second kappa shape index (κ2) is 10.6. The van der Waals surface area contributed by atoms with Gasteiger partial charge in [-0.3, -0.25) is 4.79 Å². The summed E-state index contributed by atoms with van der Waals surface area (Å²) in [6.45, 7) is 9.34. The molecule has 34 heavy (non-hydrogen) atoms. The fourth-order valence-electron chi connectivity index (χ4n) is 4.52. The third kappa shape index (κ3) is 4.72. The number of fused-ring (bicyclic) bond motifs is 2. The second-order valence-corrected chi connectivity index (χ2v) is 8.69. The van der Waals surface area contributed by atoms with Crippen molar-refractivity contribution in [3.8, 4) is 16.9 Å². The van der Waals surface area contributed by atoms with E-state index in [4.69, 9.17) is 9.15 Å². The summed E-state index contributed by atoms with van der Waals surface area (Å²) < 4.78 is 12.1. The van der Waals surface area contributed by atoms with Crippen LogP contribution in [0.2, 0.25) is 0 Å². The predicted octanol–water partition coefficient (Wildman–Crippen LogP) is 7.67. The molecular formula is C30H33NO3. The largest absolute Gasteiger partial charge is 0.493 e. The number of ether oxygens (including phenoxy) is 1. The molecule has 4 aromatic rings. The van der Waals surface area contributed by atoms with Gasteiger partial charge >= 0.3 is 0 Å². The minimum Gasteiger partial charge on any atom is -0.493 e. The molecule has 1 aromatic heterocycles. The molecule has 0 aliphatic carbocycles. The molecule has 4 heteroatoms. The minimum atomic E-state index is -0.0738. The van der Waals surface area contributed by atoms with Crippen LogP contribution in [-0.2, 0) is 4.79 Å². The first-order valence-corrected chi connectivity index (χ1v) is 12.2. The fraction of sp³-hybridized carbons (Fsp3) is 0.300. The molecule has 3 aromatic carbocycles. The van der Waals surface area contributed by atoms with Crippen molar-refractivity contribution in [3.63, 3.8) is 0 Å². The highest BCUT2D eigenvalue weighted by Crippen LogP contribution is 2.42. The number of allylic oxidation sites excluding steroid dienone is 1. The molecule has 0 aliphatic rings. The van der Waals surface area contributed by atoms with Gasteiger partial charge in [-0.1, -0.05) is 62.2 Å². The van der Waals surface area contributed by atoms with Crippen LogP contribution in [0.1, 0.15) is 51.2 Å². The Labute approximate surface area is 201 Å².